The number of amides is 1. The quantitative estimate of drug-likeness (QED) is 0.675. The molecule has 0 aliphatic heterocycles. The molecule has 0 saturated heterocycles. The highest BCUT2D eigenvalue weighted by atomic mass is 79.9. The van der Waals surface area contributed by atoms with E-state index in [9.17, 15) is 18.0 Å². The fourth-order valence-corrected chi connectivity index (χ4v) is 3.97. The van der Waals surface area contributed by atoms with Crippen molar-refractivity contribution in [1.29, 1.82) is 0 Å². The van der Waals surface area contributed by atoms with Crippen molar-refractivity contribution in [2.45, 2.75) is 58.5 Å². The van der Waals surface area contributed by atoms with Crippen molar-refractivity contribution in [1.82, 2.24) is 5.32 Å². The van der Waals surface area contributed by atoms with Crippen LogP contribution in [0.5, 0.6) is 0 Å². The first kappa shape index (κ1) is 18.8. The van der Waals surface area contributed by atoms with E-state index in [1.54, 1.807) is 0 Å². The second kappa shape index (κ2) is 7.84. The van der Waals surface area contributed by atoms with Crippen molar-refractivity contribution >= 4 is 21.8 Å². The Labute approximate surface area is 133 Å². The molecule has 0 heterocycles. The Morgan fingerprint density at radius 1 is 1.19 bits per heavy atom. The summed E-state index contributed by atoms with van der Waals surface area (Å²) in [7, 11) is 0. The van der Waals surface area contributed by atoms with Crippen LogP contribution in [0.15, 0.2) is 0 Å². The minimum Gasteiger partial charge on any atom is -0.355 e. The number of carbonyl (C=O) groups is 1. The summed E-state index contributed by atoms with van der Waals surface area (Å²) < 4.78 is 39.1. The normalized spacial score (nSPS) is 23.9. The maximum Gasteiger partial charge on any atom is 0.392 e. The highest BCUT2D eigenvalue weighted by molar-refractivity contribution is 9.09. The van der Waals surface area contributed by atoms with Crippen LogP contribution in [-0.4, -0.2) is 24.0 Å². The highest BCUT2D eigenvalue weighted by Crippen LogP contribution is 2.41. The molecular weight excluding hydrogens is 347 g/mol. The van der Waals surface area contributed by atoms with Crippen LogP contribution in [-0.2, 0) is 4.79 Å². The Morgan fingerprint density at radius 3 is 2.24 bits per heavy atom. The van der Waals surface area contributed by atoms with Crippen molar-refractivity contribution < 1.29 is 18.0 Å². The van der Waals surface area contributed by atoms with Gasteiger partial charge in [-0.1, -0.05) is 42.6 Å². The topological polar surface area (TPSA) is 29.1 Å². The van der Waals surface area contributed by atoms with E-state index >= 15 is 0 Å². The Hall–Kier alpha value is -0.260. The number of rotatable bonds is 6. The summed E-state index contributed by atoms with van der Waals surface area (Å²) in [5, 5.41) is 3.52. The van der Waals surface area contributed by atoms with Crippen LogP contribution in [0.4, 0.5) is 13.2 Å². The molecule has 0 radical (unpaired) electrons. The SMILES string of the molecule is CCC(CC)(CBr)CNC(=O)C1CCCCC1C(F)(F)F. The van der Waals surface area contributed by atoms with Gasteiger partial charge in [0.25, 0.3) is 0 Å². The van der Waals surface area contributed by atoms with Crippen molar-refractivity contribution in [2.75, 3.05) is 11.9 Å². The van der Waals surface area contributed by atoms with E-state index in [2.05, 4.69) is 21.2 Å². The van der Waals surface area contributed by atoms with E-state index in [4.69, 9.17) is 0 Å². The molecule has 1 rings (SSSR count). The molecule has 1 aliphatic rings. The maximum atomic E-state index is 13.0. The monoisotopic (exact) mass is 371 g/mol. The summed E-state index contributed by atoms with van der Waals surface area (Å²) in [5.74, 6) is -2.82. The minimum absolute atomic E-state index is 0.0714. The zero-order valence-electron chi connectivity index (χ0n) is 12.7. The number of hydrogen-bond acceptors (Lipinski definition) is 1. The zero-order chi connectivity index (χ0) is 16.1. The fourth-order valence-electron chi connectivity index (χ4n) is 2.98. The maximum absolute atomic E-state index is 13.0. The lowest BCUT2D eigenvalue weighted by Gasteiger charge is -2.34. The summed E-state index contributed by atoms with van der Waals surface area (Å²) in [6.45, 7) is 4.51. The number of carbonyl (C=O) groups excluding carboxylic acids is 1. The van der Waals surface area contributed by atoms with E-state index in [-0.39, 0.29) is 11.8 Å². The van der Waals surface area contributed by atoms with Gasteiger partial charge in [-0.2, -0.15) is 13.2 Å². The third kappa shape index (κ3) is 4.86. The average Bonchev–Trinajstić information content (AvgIpc) is 2.48. The first-order valence-electron chi connectivity index (χ1n) is 7.70. The Kier molecular flexibility index (Phi) is 7.01. The summed E-state index contributed by atoms with van der Waals surface area (Å²) in [4.78, 5) is 12.2. The van der Waals surface area contributed by atoms with Gasteiger partial charge in [0.05, 0.1) is 5.92 Å². The first-order valence-corrected chi connectivity index (χ1v) is 8.82. The van der Waals surface area contributed by atoms with Gasteiger partial charge in [0.1, 0.15) is 0 Å². The number of hydrogen-bond donors (Lipinski definition) is 1. The van der Waals surface area contributed by atoms with Crippen LogP contribution >= 0.6 is 15.9 Å². The van der Waals surface area contributed by atoms with Gasteiger partial charge in [0, 0.05) is 17.8 Å². The molecule has 124 valence electrons. The van der Waals surface area contributed by atoms with Crippen LogP contribution in [0.25, 0.3) is 0 Å². The second-order valence-electron chi connectivity index (χ2n) is 6.10. The van der Waals surface area contributed by atoms with Crippen LogP contribution in [0.1, 0.15) is 52.4 Å². The largest absolute Gasteiger partial charge is 0.392 e. The molecule has 1 saturated carbocycles. The Balaban J connectivity index is 2.68. The standard InChI is InChI=1S/C15H25BrF3NO/c1-3-14(4-2,9-16)10-20-13(21)11-7-5-6-8-12(11)15(17,18)19/h11-12H,3-10H2,1-2H3,(H,20,21). The molecule has 0 spiro atoms. The van der Waals surface area contributed by atoms with Crippen LogP contribution in [0, 0.1) is 17.3 Å². The molecule has 1 aliphatic carbocycles. The molecule has 0 aromatic heterocycles. The predicted molar refractivity (Wildman–Crippen MR) is 81.3 cm³/mol. The summed E-state index contributed by atoms with van der Waals surface area (Å²) in [6, 6.07) is 0. The smallest absolute Gasteiger partial charge is 0.355 e. The van der Waals surface area contributed by atoms with Gasteiger partial charge in [-0.3, -0.25) is 4.79 Å². The lowest BCUT2D eigenvalue weighted by atomic mass is 9.77. The summed E-state index contributed by atoms with van der Waals surface area (Å²) in [6.07, 6.45) is -0.837. The molecule has 1 N–H and O–H groups in total. The van der Waals surface area contributed by atoms with Crippen molar-refractivity contribution in [3.05, 3.63) is 0 Å². The predicted octanol–water partition coefficient (Wildman–Crippen LogP) is 4.67. The second-order valence-corrected chi connectivity index (χ2v) is 6.66. The summed E-state index contributed by atoms with van der Waals surface area (Å²) >= 11 is 3.45. The van der Waals surface area contributed by atoms with Gasteiger partial charge < -0.3 is 5.32 Å². The molecule has 0 aromatic rings. The fraction of sp³-hybridized carbons (Fsp3) is 0.933. The zero-order valence-corrected chi connectivity index (χ0v) is 14.3. The van der Waals surface area contributed by atoms with E-state index in [0.717, 1.165) is 18.2 Å². The van der Waals surface area contributed by atoms with Crippen molar-refractivity contribution in [3.63, 3.8) is 0 Å². The van der Waals surface area contributed by atoms with Gasteiger partial charge in [-0.15, -0.1) is 0 Å². The average molecular weight is 372 g/mol. The van der Waals surface area contributed by atoms with E-state index in [1.807, 2.05) is 13.8 Å². The third-order valence-corrected chi connectivity index (χ3v) is 6.13. The van der Waals surface area contributed by atoms with Crippen LogP contribution in [0.2, 0.25) is 0 Å². The van der Waals surface area contributed by atoms with Gasteiger partial charge in [-0.05, 0) is 31.1 Å². The molecular formula is C15H25BrF3NO. The third-order valence-electron chi connectivity index (χ3n) is 4.94. The molecule has 6 heteroatoms. The molecule has 0 aromatic carbocycles. The minimum atomic E-state index is -4.27. The van der Waals surface area contributed by atoms with Crippen LogP contribution in [0.3, 0.4) is 0 Å². The molecule has 2 nitrogen and oxygen atoms in total. The lowest BCUT2D eigenvalue weighted by molar-refractivity contribution is -0.198. The van der Waals surface area contributed by atoms with Crippen LogP contribution < -0.4 is 5.32 Å². The Morgan fingerprint density at radius 2 is 1.76 bits per heavy atom. The van der Waals surface area contributed by atoms with Crippen molar-refractivity contribution in [2.24, 2.45) is 17.3 Å². The number of alkyl halides is 4. The van der Waals surface area contributed by atoms with E-state index < -0.39 is 23.9 Å². The Bertz CT molecular complexity index is 334. The molecule has 0 bridgehead atoms. The molecule has 1 fully saturated rings. The van der Waals surface area contributed by atoms with E-state index in [1.165, 1.54) is 0 Å². The van der Waals surface area contributed by atoms with Gasteiger partial charge >= 0.3 is 6.18 Å². The summed E-state index contributed by atoms with van der Waals surface area (Å²) in [5.41, 5.74) is -0.0714. The lowest BCUT2D eigenvalue weighted by Crippen LogP contribution is -2.46. The van der Waals surface area contributed by atoms with E-state index in [0.29, 0.717) is 25.8 Å². The molecule has 2 unspecified atom stereocenters. The van der Waals surface area contributed by atoms with Crippen molar-refractivity contribution in [3.8, 4) is 0 Å². The molecule has 1 amide bonds. The number of nitrogens with one attached hydrogen (secondary N) is 1. The van der Waals surface area contributed by atoms with Gasteiger partial charge in [0.15, 0.2) is 0 Å². The van der Waals surface area contributed by atoms with Gasteiger partial charge in [-0.25, -0.2) is 0 Å². The molecule has 21 heavy (non-hydrogen) atoms. The number of halogens is 4. The highest BCUT2D eigenvalue weighted by Gasteiger charge is 2.48. The first-order chi connectivity index (χ1) is 9.79. The van der Waals surface area contributed by atoms with Gasteiger partial charge in [0.2, 0.25) is 5.91 Å². The molecule has 2 atom stereocenters.